The summed E-state index contributed by atoms with van der Waals surface area (Å²) in [6, 6.07) is 9.57. The molecule has 0 N–H and O–H groups in total. The van der Waals surface area contributed by atoms with E-state index in [1.807, 2.05) is 0 Å². The van der Waals surface area contributed by atoms with E-state index >= 15 is 0 Å². The number of methoxy groups -OCH3 is 1. The summed E-state index contributed by atoms with van der Waals surface area (Å²) in [4.78, 5) is 39.0. The summed E-state index contributed by atoms with van der Waals surface area (Å²) in [6.07, 6.45) is 0. The molecule has 1 heterocycles. The summed E-state index contributed by atoms with van der Waals surface area (Å²) in [7, 11) is -2.54. The zero-order valence-corrected chi connectivity index (χ0v) is 19.2. The zero-order valence-electron chi connectivity index (χ0n) is 17.6. The van der Waals surface area contributed by atoms with E-state index in [-0.39, 0.29) is 28.5 Å². The van der Waals surface area contributed by atoms with Crippen molar-refractivity contribution in [2.24, 2.45) is 4.99 Å². The van der Waals surface area contributed by atoms with Crippen molar-refractivity contribution in [3.63, 3.8) is 0 Å². The van der Waals surface area contributed by atoms with Crippen LogP contribution in [-0.4, -0.2) is 49.3 Å². The average Bonchev–Trinajstić information content (AvgIpc) is 3.09. The van der Waals surface area contributed by atoms with Gasteiger partial charge in [-0.1, -0.05) is 11.3 Å². The van der Waals surface area contributed by atoms with Crippen LogP contribution in [0, 0.1) is 10.1 Å². The second-order valence-electron chi connectivity index (χ2n) is 6.63. The SMILES string of the molecule is CCOC(=O)Cn1c(=NC(=O)CS(=O)(=O)c2ccc(OC)cc2)sc2ccc([N+](=O)[O-])cc21. The normalized spacial score (nSPS) is 12.0. The summed E-state index contributed by atoms with van der Waals surface area (Å²) in [6.45, 7) is 1.39. The minimum absolute atomic E-state index is 0.0217. The molecule has 0 saturated heterocycles. The van der Waals surface area contributed by atoms with E-state index in [2.05, 4.69) is 4.99 Å². The van der Waals surface area contributed by atoms with E-state index in [1.165, 1.54) is 54.1 Å². The molecule has 0 atom stereocenters. The Labute approximate surface area is 192 Å². The molecule has 0 aliphatic carbocycles. The van der Waals surface area contributed by atoms with Crippen LogP contribution in [0.15, 0.2) is 52.4 Å². The number of rotatable bonds is 8. The van der Waals surface area contributed by atoms with Gasteiger partial charge in [-0.25, -0.2) is 8.42 Å². The number of sulfone groups is 1. The predicted molar refractivity (Wildman–Crippen MR) is 119 cm³/mol. The van der Waals surface area contributed by atoms with Gasteiger partial charge < -0.3 is 14.0 Å². The van der Waals surface area contributed by atoms with E-state index in [1.54, 1.807) is 6.92 Å². The first-order valence-corrected chi connectivity index (χ1v) is 12.0. The Balaban J connectivity index is 2.01. The van der Waals surface area contributed by atoms with Gasteiger partial charge >= 0.3 is 5.97 Å². The molecule has 0 fully saturated rings. The highest BCUT2D eigenvalue weighted by Crippen LogP contribution is 2.23. The lowest BCUT2D eigenvalue weighted by Crippen LogP contribution is -2.24. The molecular weight excluding hydrogens is 474 g/mol. The highest BCUT2D eigenvalue weighted by molar-refractivity contribution is 7.92. The van der Waals surface area contributed by atoms with Crippen molar-refractivity contribution in [3.05, 3.63) is 57.4 Å². The molecule has 0 spiro atoms. The smallest absolute Gasteiger partial charge is 0.326 e. The van der Waals surface area contributed by atoms with Crippen molar-refractivity contribution in [2.45, 2.75) is 18.4 Å². The van der Waals surface area contributed by atoms with Gasteiger partial charge in [-0.3, -0.25) is 19.7 Å². The molecule has 0 saturated carbocycles. The van der Waals surface area contributed by atoms with Crippen LogP contribution in [0.4, 0.5) is 5.69 Å². The summed E-state index contributed by atoms with van der Waals surface area (Å²) in [5.41, 5.74) is 0.0877. The number of amides is 1. The monoisotopic (exact) mass is 493 g/mol. The van der Waals surface area contributed by atoms with Crippen molar-refractivity contribution in [1.29, 1.82) is 0 Å². The number of nitrogens with zero attached hydrogens (tertiary/aromatic N) is 3. The number of non-ortho nitro benzene ring substituents is 1. The van der Waals surface area contributed by atoms with E-state index in [0.29, 0.717) is 16.0 Å². The number of fused-ring (bicyclic) bond motifs is 1. The maximum atomic E-state index is 12.6. The fraction of sp³-hybridized carbons (Fsp3) is 0.250. The number of hydrogen-bond donors (Lipinski definition) is 0. The lowest BCUT2D eigenvalue weighted by Gasteiger charge is -2.05. The number of esters is 1. The van der Waals surface area contributed by atoms with E-state index in [4.69, 9.17) is 9.47 Å². The first kappa shape index (κ1) is 24.1. The molecule has 0 aliphatic rings. The van der Waals surface area contributed by atoms with Gasteiger partial charge in [0, 0.05) is 12.1 Å². The second-order valence-corrected chi connectivity index (χ2v) is 9.62. The molecular formula is C20H19N3O8S2. The molecule has 0 radical (unpaired) electrons. The zero-order chi connectivity index (χ0) is 24.2. The van der Waals surface area contributed by atoms with Crippen LogP contribution in [0.2, 0.25) is 0 Å². The second kappa shape index (κ2) is 9.92. The molecule has 11 nitrogen and oxygen atoms in total. The standard InChI is InChI=1S/C20H19N3O8S2/c1-3-31-19(25)11-22-16-10-13(23(26)27)4-9-17(16)32-20(22)21-18(24)12-33(28,29)15-7-5-14(30-2)6-8-15/h4-10H,3,11-12H2,1-2H3. The van der Waals surface area contributed by atoms with Crippen molar-refractivity contribution < 1.29 is 32.4 Å². The predicted octanol–water partition coefficient (Wildman–Crippen LogP) is 2.08. The molecule has 3 aromatic rings. The van der Waals surface area contributed by atoms with Crippen LogP contribution in [-0.2, 0) is 30.7 Å². The summed E-state index contributed by atoms with van der Waals surface area (Å²) in [5.74, 6) is -2.02. The number of hydrogen-bond acceptors (Lipinski definition) is 9. The van der Waals surface area contributed by atoms with Crippen molar-refractivity contribution >= 4 is 49.0 Å². The minimum Gasteiger partial charge on any atom is -0.497 e. The minimum atomic E-state index is -3.98. The van der Waals surface area contributed by atoms with Gasteiger partial charge in [-0.15, -0.1) is 0 Å². The Kier molecular flexibility index (Phi) is 7.23. The fourth-order valence-corrected chi connectivity index (χ4v) is 5.05. The van der Waals surface area contributed by atoms with E-state index in [9.17, 15) is 28.1 Å². The first-order chi connectivity index (χ1) is 15.6. The maximum Gasteiger partial charge on any atom is 0.326 e. The van der Waals surface area contributed by atoms with Crippen LogP contribution in [0.1, 0.15) is 6.92 Å². The number of benzene rings is 2. The van der Waals surface area contributed by atoms with Crippen LogP contribution in [0.5, 0.6) is 5.75 Å². The van der Waals surface area contributed by atoms with Gasteiger partial charge in [-0.2, -0.15) is 4.99 Å². The lowest BCUT2D eigenvalue weighted by atomic mass is 10.3. The average molecular weight is 494 g/mol. The van der Waals surface area contributed by atoms with Gasteiger partial charge in [0.25, 0.3) is 11.6 Å². The van der Waals surface area contributed by atoms with Crippen LogP contribution < -0.4 is 9.54 Å². The Morgan fingerprint density at radius 2 is 1.88 bits per heavy atom. The van der Waals surface area contributed by atoms with Gasteiger partial charge in [-0.05, 0) is 37.3 Å². The molecule has 0 bridgehead atoms. The Morgan fingerprint density at radius 3 is 2.48 bits per heavy atom. The lowest BCUT2D eigenvalue weighted by molar-refractivity contribution is -0.384. The van der Waals surface area contributed by atoms with E-state index in [0.717, 1.165) is 11.3 Å². The number of nitro benzene ring substituents is 1. The Morgan fingerprint density at radius 1 is 1.18 bits per heavy atom. The number of aromatic nitrogens is 1. The first-order valence-electron chi connectivity index (χ1n) is 9.52. The molecule has 13 heteroatoms. The van der Waals surface area contributed by atoms with Crippen molar-refractivity contribution in [3.8, 4) is 5.75 Å². The summed E-state index contributed by atoms with van der Waals surface area (Å²) < 4.78 is 36.9. The van der Waals surface area contributed by atoms with Crippen molar-refractivity contribution in [2.75, 3.05) is 19.5 Å². The maximum absolute atomic E-state index is 12.6. The number of carbonyl (C=O) groups is 2. The number of nitro groups is 1. The number of ether oxygens (including phenoxy) is 2. The van der Waals surface area contributed by atoms with Crippen LogP contribution in [0.25, 0.3) is 10.2 Å². The van der Waals surface area contributed by atoms with E-state index < -0.39 is 32.4 Å². The third kappa shape index (κ3) is 5.62. The summed E-state index contributed by atoms with van der Waals surface area (Å²) >= 11 is 0.993. The topological polar surface area (TPSA) is 147 Å². The quantitative estimate of drug-likeness (QED) is 0.263. The summed E-state index contributed by atoms with van der Waals surface area (Å²) in [5, 5.41) is 11.2. The highest BCUT2D eigenvalue weighted by atomic mass is 32.2. The third-order valence-electron chi connectivity index (χ3n) is 4.42. The molecule has 33 heavy (non-hydrogen) atoms. The van der Waals surface area contributed by atoms with Gasteiger partial charge in [0.05, 0.1) is 33.8 Å². The van der Waals surface area contributed by atoms with Crippen molar-refractivity contribution in [1.82, 2.24) is 4.57 Å². The number of thiazole rings is 1. The van der Waals surface area contributed by atoms with Gasteiger partial charge in [0.15, 0.2) is 14.6 Å². The Hall–Kier alpha value is -3.58. The van der Waals surface area contributed by atoms with Crippen LogP contribution >= 0.6 is 11.3 Å². The molecule has 1 amide bonds. The van der Waals surface area contributed by atoms with Crippen LogP contribution in [0.3, 0.4) is 0 Å². The van der Waals surface area contributed by atoms with Gasteiger partial charge in [0.1, 0.15) is 18.0 Å². The van der Waals surface area contributed by atoms with Gasteiger partial charge in [0.2, 0.25) is 0 Å². The third-order valence-corrected chi connectivity index (χ3v) is 7.10. The number of carbonyl (C=O) groups excluding carboxylic acids is 2. The molecule has 2 aromatic carbocycles. The Bertz CT molecular complexity index is 1390. The molecule has 0 unspecified atom stereocenters. The largest absolute Gasteiger partial charge is 0.497 e. The molecule has 174 valence electrons. The molecule has 0 aliphatic heterocycles. The molecule has 3 rings (SSSR count). The highest BCUT2D eigenvalue weighted by Gasteiger charge is 2.21. The molecule has 1 aromatic heterocycles. The fourth-order valence-electron chi connectivity index (χ4n) is 2.91.